The molecule has 0 bridgehead atoms. The molecule has 5 N–H and O–H groups in total. The molecule has 8 nitrogen and oxygen atoms in total. The highest BCUT2D eigenvalue weighted by molar-refractivity contribution is 6.01. The van der Waals surface area contributed by atoms with Crippen LogP contribution in [0.2, 0.25) is 0 Å². The molecule has 2 aliphatic heterocycles. The molecule has 8 heteroatoms. The summed E-state index contributed by atoms with van der Waals surface area (Å²) in [5, 5.41) is 9.08. The van der Waals surface area contributed by atoms with Crippen LogP contribution in [0.4, 0.5) is 5.69 Å². The molecule has 2 fully saturated rings. The second-order valence-corrected chi connectivity index (χ2v) is 8.30. The standard InChI is InChI=1S/C23H29N5O3/c24-18-4-1-2-5-19(18)27-21(30)16-7-9-17(10-8-16)26-22(31)23(11-13-25-14-12-23)28-15-3-6-20(28)29/h2,5,7-10,25H,1,3-4,6,11-15,24H2,(H,26,31)(H,27,30). The molecule has 3 amide bonds. The van der Waals surface area contributed by atoms with E-state index in [4.69, 9.17) is 5.73 Å². The molecule has 2 heterocycles. The van der Waals surface area contributed by atoms with Crippen molar-refractivity contribution in [1.82, 2.24) is 15.5 Å². The highest BCUT2D eigenvalue weighted by Gasteiger charge is 2.48. The molecule has 1 aromatic carbocycles. The Hall–Kier alpha value is -3.13. The first kappa shape index (κ1) is 21.1. The molecule has 0 atom stereocenters. The van der Waals surface area contributed by atoms with Crippen molar-refractivity contribution in [3.63, 3.8) is 0 Å². The fraction of sp³-hybridized carbons (Fsp3) is 0.435. The molecule has 1 aliphatic carbocycles. The van der Waals surface area contributed by atoms with Crippen molar-refractivity contribution in [2.45, 2.75) is 44.1 Å². The van der Waals surface area contributed by atoms with Crippen molar-refractivity contribution < 1.29 is 14.4 Å². The number of piperidine rings is 1. The average molecular weight is 424 g/mol. The SMILES string of the molecule is NC1=C(NC(=O)c2ccc(NC(=O)C3(N4CCCC4=O)CCNCC3)cc2)C=CCC1. The predicted molar refractivity (Wildman–Crippen MR) is 118 cm³/mol. The number of rotatable bonds is 5. The summed E-state index contributed by atoms with van der Waals surface area (Å²) in [6, 6.07) is 6.76. The Balaban J connectivity index is 1.45. The van der Waals surface area contributed by atoms with E-state index in [2.05, 4.69) is 16.0 Å². The average Bonchev–Trinajstić information content (AvgIpc) is 3.22. The number of benzene rings is 1. The molecular formula is C23H29N5O3. The summed E-state index contributed by atoms with van der Waals surface area (Å²) >= 11 is 0. The van der Waals surface area contributed by atoms with Gasteiger partial charge < -0.3 is 26.6 Å². The van der Waals surface area contributed by atoms with E-state index < -0.39 is 5.54 Å². The number of nitrogens with zero attached hydrogens (tertiary/aromatic N) is 1. The van der Waals surface area contributed by atoms with Crippen LogP contribution in [0, 0.1) is 0 Å². The third-order valence-corrected chi connectivity index (χ3v) is 6.31. The van der Waals surface area contributed by atoms with E-state index in [9.17, 15) is 14.4 Å². The number of carbonyl (C=O) groups is 3. The van der Waals surface area contributed by atoms with Gasteiger partial charge in [0, 0.05) is 29.9 Å². The summed E-state index contributed by atoms with van der Waals surface area (Å²) in [6.45, 7) is 2.02. The first-order valence-corrected chi connectivity index (χ1v) is 10.9. The highest BCUT2D eigenvalue weighted by atomic mass is 16.2. The van der Waals surface area contributed by atoms with E-state index in [1.54, 1.807) is 29.2 Å². The lowest BCUT2D eigenvalue weighted by atomic mass is 9.85. The molecule has 0 aromatic heterocycles. The second kappa shape index (κ2) is 8.93. The third-order valence-electron chi connectivity index (χ3n) is 6.31. The second-order valence-electron chi connectivity index (χ2n) is 8.30. The van der Waals surface area contributed by atoms with E-state index in [0.717, 1.165) is 19.3 Å². The number of likely N-dealkylation sites (tertiary alicyclic amines) is 1. The maximum atomic E-state index is 13.3. The van der Waals surface area contributed by atoms with Crippen LogP contribution in [-0.2, 0) is 9.59 Å². The van der Waals surface area contributed by atoms with Gasteiger partial charge in [0.25, 0.3) is 5.91 Å². The lowest BCUT2D eigenvalue weighted by Gasteiger charge is -2.43. The van der Waals surface area contributed by atoms with E-state index >= 15 is 0 Å². The van der Waals surface area contributed by atoms with Gasteiger partial charge in [-0.15, -0.1) is 0 Å². The van der Waals surface area contributed by atoms with E-state index in [0.29, 0.717) is 61.5 Å². The summed E-state index contributed by atoms with van der Waals surface area (Å²) in [5.41, 5.74) is 7.53. The predicted octanol–water partition coefficient (Wildman–Crippen LogP) is 1.62. The zero-order chi connectivity index (χ0) is 21.8. The number of nitrogens with one attached hydrogen (secondary N) is 3. The lowest BCUT2D eigenvalue weighted by Crippen LogP contribution is -2.61. The summed E-state index contributed by atoms with van der Waals surface area (Å²) in [6.07, 6.45) is 7.89. The Bertz CT molecular complexity index is 929. The molecule has 0 unspecified atom stereocenters. The summed E-state index contributed by atoms with van der Waals surface area (Å²) in [5.74, 6) is -0.360. The number of carbonyl (C=O) groups excluding carboxylic acids is 3. The fourth-order valence-corrected chi connectivity index (χ4v) is 4.51. The smallest absolute Gasteiger partial charge is 0.255 e. The van der Waals surface area contributed by atoms with Gasteiger partial charge in [0.05, 0.1) is 5.70 Å². The van der Waals surface area contributed by atoms with Crippen LogP contribution in [0.25, 0.3) is 0 Å². The summed E-state index contributed by atoms with van der Waals surface area (Å²) in [7, 11) is 0. The van der Waals surface area contributed by atoms with Crippen molar-refractivity contribution in [3.05, 3.63) is 53.4 Å². The lowest BCUT2D eigenvalue weighted by molar-refractivity contribution is -0.143. The Labute approximate surface area is 181 Å². The number of amides is 3. The quantitative estimate of drug-likeness (QED) is 0.574. The molecule has 1 aromatic rings. The van der Waals surface area contributed by atoms with Gasteiger partial charge in [0.15, 0.2) is 0 Å². The molecule has 4 rings (SSSR count). The Morgan fingerprint density at radius 3 is 2.45 bits per heavy atom. The number of anilines is 1. The summed E-state index contributed by atoms with van der Waals surface area (Å²) < 4.78 is 0. The van der Waals surface area contributed by atoms with Gasteiger partial charge in [-0.3, -0.25) is 14.4 Å². The minimum Gasteiger partial charge on any atom is -0.400 e. The highest BCUT2D eigenvalue weighted by Crippen LogP contribution is 2.32. The Kier molecular flexibility index (Phi) is 6.08. The van der Waals surface area contributed by atoms with Crippen LogP contribution >= 0.6 is 0 Å². The largest absolute Gasteiger partial charge is 0.400 e. The zero-order valence-corrected chi connectivity index (χ0v) is 17.6. The van der Waals surface area contributed by atoms with Gasteiger partial charge in [0.2, 0.25) is 11.8 Å². The molecule has 31 heavy (non-hydrogen) atoms. The molecular weight excluding hydrogens is 394 g/mol. The molecule has 3 aliphatic rings. The first-order chi connectivity index (χ1) is 15.0. The summed E-state index contributed by atoms with van der Waals surface area (Å²) in [4.78, 5) is 40.0. The minimum absolute atomic E-state index is 0.0504. The monoisotopic (exact) mass is 423 g/mol. The van der Waals surface area contributed by atoms with Gasteiger partial charge in [-0.2, -0.15) is 0 Å². The van der Waals surface area contributed by atoms with Gasteiger partial charge >= 0.3 is 0 Å². The first-order valence-electron chi connectivity index (χ1n) is 10.9. The zero-order valence-electron chi connectivity index (χ0n) is 17.6. The van der Waals surface area contributed by atoms with Crippen molar-refractivity contribution in [2.75, 3.05) is 25.0 Å². The number of nitrogens with two attached hydrogens (primary N) is 1. The maximum Gasteiger partial charge on any atom is 0.255 e. The molecule has 2 saturated heterocycles. The van der Waals surface area contributed by atoms with Crippen LogP contribution in [0.1, 0.15) is 48.9 Å². The van der Waals surface area contributed by atoms with Crippen LogP contribution < -0.4 is 21.7 Å². The van der Waals surface area contributed by atoms with Gasteiger partial charge in [-0.05, 0) is 75.5 Å². The fourth-order valence-electron chi connectivity index (χ4n) is 4.51. The third kappa shape index (κ3) is 4.34. The van der Waals surface area contributed by atoms with Crippen LogP contribution in [0.3, 0.4) is 0 Å². The Morgan fingerprint density at radius 1 is 1.06 bits per heavy atom. The topological polar surface area (TPSA) is 117 Å². The van der Waals surface area contributed by atoms with Crippen LogP contribution in [0.15, 0.2) is 47.8 Å². The van der Waals surface area contributed by atoms with Crippen molar-refractivity contribution >= 4 is 23.4 Å². The normalized spacial score (nSPS) is 20.6. The van der Waals surface area contributed by atoms with E-state index in [1.165, 1.54) is 0 Å². The van der Waals surface area contributed by atoms with E-state index in [-0.39, 0.29) is 17.7 Å². The Morgan fingerprint density at radius 2 is 1.81 bits per heavy atom. The van der Waals surface area contributed by atoms with Gasteiger partial charge in [0.1, 0.15) is 5.54 Å². The number of allylic oxidation sites excluding steroid dienone is 3. The maximum absolute atomic E-state index is 13.3. The van der Waals surface area contributed by atoms with Crippen LogP contribution in [0.5, 0.6) is 0 Å². The van der Waals surface area contributed by atoms with Gasteiger partial charge in [-0.1, -0.05) is 6.08 Å². The van der Waals surface area contributed by atoms with E-state index in [1.807, 2.05) is 12.2 Å². The molecule has 0 saturated carbocycles. The van der Waals surface area contributed by atoms with Gasteiger partial charge in [-0.25, -0.2) is 0 Å². The minimum atomic E-state index is -0.813. The molecule has 0 radical (unpaired) electrons. The molecule has 164 valence electrons. The van der Waals surface area contributed by atoms with Crippen LogP contribution in [-0.4, -0.2) is 47.8 Å². The molecule has 0 spiro atoms. The number of hydrogen-bond donors (Lipinski definition) is 4. The number of hydrogen-bond acceptors (Lipinski definition) is 5. The van der Waals surface area contributed by atoms with Crippen molar-refractivity contribution in [1.29, 1.82) is 0 Å². The van der Waals surface area contributed by atoms with Crippen molar-refractivity contribution in [2.24, 2.45) is 5.73 Å². The van der Waals surface area contributed by atoms with Crippen molar-refractivity contribution in [3.8, 4) is 0 Å².